The Labute approximate surface area is 68.1 Å². The van der Waals surface area contributed by atoms with Gasteiger partial charge in [0.15, 0.2) is 0 Å². The Balaban J connectivity index is 3.51. The van der Waals surface area contributed by atoms with Gasteiger partial charge in [-0.05, 0) is 18.8 Å². The predicted octanol–water partition coefficient (Wildman–Crippen LogP) is 1.11. The standard InChI is InChI=1S/C8H18N2O/c1-3-7(11)4-6(2)5-8(9)10/h6-7,11H,3-5H2,1-2H3,(H3,9,10). The minimum absolute atomic E-state index is 0.209. The van der Waals surface area contributed by atoms with Crippen molar-refractivity contribution in [2.75, 3.05) is 0 Å². The number of nitrogens with two attached hydrogens (primary N) is 1. The number of rotatable bonds is 5. The smallest absolute Gasteiger partial charge is 0.0908 e. The second-order valence-electron chi connectivity index (χ2n) is 3.13. The number of amidine groups is 1. The summed E-state index contributed by atoms with van der Waals surface area (Å²) in [6, 6.07) is 0. The van der Waals surface area contributed by atoms with Crippen LogP contribution in [0.1, 0.15) is 33.1 Å². The molecule has 0 heterocycles. The van der Waals surface area contributed by atoms with Crippen molar-refractivity contribution in [2.24, 2.45) is 11.7 Å². The summed E-state index contributed by atoms with van der Waals surface area (Å²) < 4.78 is 0. The van der Waals surface area contributed by atoms with E-state index in [1.165, 1.54) is 0 Å². The third kappa shape index (κ3) is 5.85. The van der Waals surface area contributed by atoms with Gasteiger partial charge in [-0.3, -0.25) is 5.41 Å². The largest absolute Gasteiger partial charge is 0.393 e. The highest BCUT2D eigenvalue weighted by Crippen LogP contribution is 2.11. The number of nitrogens with one attached hydrogen (secondary N) is 1. The highest BCUT2D eigenvalue weighted by molar-refractivity contribution is 5.76. The summed E-state index contributed by atoms with van der Waals surface area (Å²) in [4.78, 5) is 0. The van der Waals surface area contributed by atoms with Gasteiger partial charge < -0.3 is 10.8 Å². The van der Waals surface area contributed by atoms with Crippen LogP contribution in [-0.2, 0) is 0 Å². The van der Waals surface area contributed by atoms with Crippen LogP contribution < -0.4 is 5.73 Å². The molecule has 0 rings (SSSR count). The molecule has 3 nitrogen and oxygen atoms in total. The van der Waals surface area contributed by atoms with E-state index in [1.807, 2.05) is 13.8 Å². The van der Waals surface area contributed by atoms with E-state index in [9.17, 15) is 5.11 Å². The van der Waals surface area contributed by atoms with E-state index < -0.39 is 0 Å². The fraction of sp³-hybridized carbons (Fsp3) is 0.875. The average molecular weight is 158 g/mol. The Morgan fingerprint density at radius 3 is 2.55 bits per heavy atom. The topological polar surface area (TPSA) is 70.1 Å². The molecule has 0 spiro atoms. The molecular weight excluding hydrogens is 140 g/mol. The second-order valence-corrected chi connectivity index (χ2v) is 3.13. The van der Waals surface area contributed by atoms with Gasteiger partial charge in [0.25, 0.3) is 0 Å². The van der Waals surface area contributed by atoms with Gasteiger partial charge in [0.1, 0.15) is 0 Å². The lowest BCUT2D eigenvalue weighted by Gasteiger charge is -2.13. The van der Waals surface area contributed by atoms with E-state index in [0.29, 0.717) is 12.3 Å². The van der Waals surface area contributed by atoms with Crippen molar-refractivity contribution in [1.29, 1.82) is 5.41 Å². The van der Waals surface area contributed by atoms with Crippen LogP contribution in [0.25, 0.3) is 0 Å². The Kier molecular flexibility index (Phi) is 4.86. The van der Waals surface area contributed by atoms with E-state index >= 15 is 0 Å². The fourth-order valence-electron chi connectivity index (χ4n) is 1.09. The van der Waals surface area contributed by atoms with E-state index in [1.54, 1.807) is 0 Å². The van der Waals surface area contributed by atoms with Crippen molar-refractivity contribution >= 4 is 5.84 Å². The second kappa shape index (κ2) is 5.13. The van der Waals surface area contributed by atoms with E-state index in [4.69, 9.17) is 11.1 Å². The predicted molar refractivity (Wildman–Crippen MR) is 46.6 cm³/mol. The highest BCUT2D eigenvalue weighted by Gasteiger charge is 2.08. The van der Waals surface area contributed by atoms with Gasteiger partial charge in [-0.2, -0.15) is 0 Å². The molecule has 11 heavy (non-hydrogen) atoms. The molecule has 4 N–H and O–H groups in total. The van der Waals surface area contributed by atoms with Crippen molar-refractivity contribution in [3.05, 3.63) is 0 Å². The average Bonchev–Trinajstić information content (AvgIpc) is 1.85. The molecule has 2 atom stereocenters. The molecule has 0 saturated carbocycles. The molecule has 0 aromatic carbocycles. The molecule has 0 aromatic heterocycles. The molecular formula is C8H18N2O. The summed E-state index contributed by atoms with van der Waals surface area (Å²) >= 11 is 0. The van der Waals surface area contributed by atoms with Gasteiger partial charge >= 0.3 is 0 Å². The lowest BCUT2D eigenvalue weighted by Crippen LogP contribution is -2.17. The first kappa shape index (κ1) is 10.4. The SMILES string of the molecule is CCC(O)CC(C)CC(=N)N. The molecule has 66 valence electrons. The molecule has 0 amide bonds. The molecule has 0 fully saturated rings. The molecule has 0 saturated heterocycles. The number of hydrogen-bond acceptors (Lipinski definition) is 2. The molecule has 3 heteroatoms. The Hall–Kier alpha value is -0.570. The van der Waals surface area contributed by atoms with Crippen LogP contribution in [0.4, 0.5) is 0 Å². The van der Waals surface area contributed by atoms with Gasteiger partial charge in [0.05, 0.1) is 11.9 Å². The van der Waals surface area contributed by atoms with Gasteiger partial charge in [-0.25, -0.2) is 0 Å². The maximum atomic E-state index is 9.23. The zero-order chi connectivity index (χ0) is 8.85. The van der Waals surface area contributed by atoms with E-state index in [0.717, 1.165) is 12.8 Å². The maximum absolute atomic E-state index is 9.23. The van der Waals surface area contributed by atoms with Crippen molar-refractivity contribution in [2.45, 2.75) is 39.2 Å². The van der Waals surface area contributed by atoms with Crippen molar-refractivity contribution < 1.29 is 5.11 Å². The summed E-state index contributed by atoms with van der Waals surface area (Å²) in [5.74, 6) is 0.531. The van der Waals surface area contributed by atoms with Crippen LogP contribution in [0, 0.1) is 11.3 Å². The Bertz CT molecular complexity index is 125. The van der Waals surface area contributed by atoms with Crippen LogP contribution in [-0.4, -0.2) is 17.0 Å². The first-order valence-corrected chi connectivity index (χ1v) is 4.07. The summed E-state index contributed by atoms with van der Waals surface area (Å²) in [6.45, 7) is 3.95. The van der Waals surface area contributed by atoms with Crippen LogP contribution in [0.5, 0.6) is 0 Å². The van der Waals surface area contributed by atoms with Crippen LogP contribution >= 0.6 is 0 Å². The minimum atomic E-state index is -0.232. The summed E-state index contributed by atoms with van der Waals surface area (Å²) in [5.41, 5.74) is 5.21. The quantitative estimate of drug-likeness (QED) is 0.414. The van der Waals surface area contributed by atoms with Gasteiger partial charge in [-0.15, -0.1) is 0 Å². The molecule has 0 aliphatic carbocycles. The first-order valence-electron chi connectivity index (χ1n) is 4.07. The highest BCUT2D eigenvalue weighted by atomic mass is 16.3. The zero-order valence-electron chi connectivity index (χ0n) is 7.30. The van der Waals surface area contributed by atoms with Crippen LogP contribution in [0.15, 0.2) is 0 Å². The molecule has 0 aromatic rings. The lowest BCUT2D eigenvalue weighted by atomic mass is 9.98. The van der Waals surface area contributed by atoms with Gasteiger partial charge in [0.2, 0.25) is 0 Å². The normalized spacial score (nSPS) is 15.9. The summed E-state index contributed by atoms with van der Waals surface area (Å²) in [6.07, 6.45) is 1.89. The maximum Gasteiger partial charge on any atom is 0.0908 e. The third-order valence-electron chi connectivity index (χ3n) is 1.71. The summed E-state index contributed by atoms with van der Waals surface area (Å²) in [7, 11) is 0. The monoisotopic (exact) mass is 158 g/mol. The first-order chi connectivity index (χ1) is 5.06. The molecule has 0 aliphatic rings. The Morgan fingerprint density at radius 2 is 2.18 bits per heavy atom. The van der Waals surface area contributed by atoms with Gasteiger partial charge in [-0.1, -0.05) is 13.8 Å². The zero-order valence-corrected chi connectivity index (χ0v) is 7.30. The molecule has 2 unspecified atom stereocenters. The summed E-state index contributed by atoms with van der Waals surface area (Å²) in [5, 5.41) is 16.3. The van der Waals surface area contributed by atoms with Gasteiger partial charge in [0, 0.05) is 6.42 Å². The Morgan fingerprint density at radius 1 is 1.64 bits per heavy atom. The molecule has 0 radical (unpaired) electrons. The molecule has 0 aliphatic heterocycles. The minimum Gasteiger partial charge on any atom is -0.393 e. The van der Waals surface area contributed by atoms with Crippen molar-refractivity contribution in [3.63, 3.8) is 0 Å². The van der Waals surface area contributed by atoms with Crippen LogP contribution in [0.3, 0.4) is 0 Å². The van der Waals surface area contributed by atoms with E-state index in [2.05, 4.69) is 0 Å². The van der Waals surface area contributed by atoms with Crippen molar-refractivity contribution in [1.82, 2.24) is 0 Å². The van der Waals surface area contributed by atoms with Crippen molar-refractivity contribution in [3.8, 4) is 0 Å². The lowest BCUT2D eigenvalue weighted by molar-refractivity contribution is 0.142. The van der Waals surface area contributed by atoms with E-state index in [-0.39, 0.29) is 11.9 Å². The number of hydrogen-bond donors (Lipinski definition) is 3. The number of aliphatic hydroxyl groups excluding tert-OH is 1. The fourth-order valence-corrected chi connectivity index (χ4v) is 1.09. The molecule has 0 bridgehead atoms. The third-order valence-corrected chi connectivity index (χ3v) is 1.71. The van der Waals surface area contributed by atoms with Crippen LogP contribution in [0.2, 0.25) is 0 Å². The number of aliphatic hydroxyl groups is 1.